The van der Waals surface area contributed by atoms with E-state index in [-0.39, 0.29) is 0 Å². The molecular formula is C14H18BrN3O. The fraction of sp³-hybridized carbons (Fsp3) is 0.357. The van der Waals surface area contributed by atoms with Crippen LogP contribution in [-0.4, -0.2) is 22.9 Å². The highest BCUT2D eigenvalue weighted by Gasteiger charge is 1.99. The Bertz CT molecular complexity index is 496. The number of benzene rings is 1. The molecule has 0 aliphatic rings. The third-order valence-electron chi connectivity index (χ3n) is 2.67. The van der Waals surface area contributed by atoms with Crippen LogP contribution in [0.25, 0.3) is 0 Å². The fourth-order valence-electron chi connectivity index (χ4n) is 1.68. The van der Waals surface area contributed by atoms with Crippen molar-refractivity contribution in [1.29, 1.82) is 0 Å². The lowest BCUT2D eigenvalue weighted by Crippen LogP contribution is -2.11. The molecule has 2 aromatic rings. The maximum absolute atomic E-state index is 5.66. The molecule has 102 valence electrons. The Morgan fingerprint density at radius 1 is 1.32 bits per heavy atom. The lowest BCUT2D eigenvalue weighted by molar-refractivity contribution is 0.291. The smallest absolute Gasteiger partial charge is 0.119 e. The average Bonchev–Trinajstić information content (AvgIpc) is 2.87. The van der Waals surface area contributed by atoms with Crippen molar-refractivity contribution in [2.24, 2.45) is 0 Å². The number of aromatic nitrogens is 2. The number of rotatable bonds is 7. The monoisotopic (exact) mass is 323 g/mol. The minimum absolute atomic E-state index is 0.615. The Balaban J connectivity index is 1.76. The Morgan fingerprint density at radius 3 is 2.84 bits per heavy atom. The molecule has 0 fully saturated rings. The zero-order chi connectivity index (χ0) is 13.5. The number of nitrogens with one attached hydrogen (secondary N) is 1. The molecule has 0 atom stereocenters. The third-order valence-corrected chi connectivity index (χ3v) is 3.20. The van der Waals surface area contributed by atoms with Crippen molar-refractivity contribution in [3.05, 3.63) is 46.7 Å². The van der Waals surface area contributed by atoms with Crippen LogP contribution in [0.15, 0.2) is 41.1 Å². The second-order valence-electron chi connectivity index (χ2n) is 4.19. The molecule has 4 nitrogen and oxygen atoms in total. The maximum Gasteiger partial charge on any atom is 0.119 e. The van der Waals surface area contributed by atoms with Crippen molar-refractivity contribution < 1.29 is 4.74 Å². The van der Waals surface area contributed by atoms with E-state index in [1.807, 2.05) is 41.3 Å². The molecule has 0 unspecified atom stereocenters. The predicted octanol–water partition coefficient (Wildman–Crippen LogP) is 2.83. The van der Waals surface area contributed by atoms with E-state index >= 15 is 0 Å². The number of hydrogen-bond acceptors (Lipinski definition) is 3. The van der Waals surface area contributed by atoms with Gasteiger partial charge in [0, 0.05) is 22.8 Å². The maximum atomic E-state index is 5.66. The summed E-state index contributed by atoms with van der Waals surface area (Å²) >= 11 is 3.40. The summed E-state index contributed by atoms with van der Waals surface area (Å²) in [6.07, 6.45) is 3.94. The molecule has 1 aromatic carbocycles. The Morgan fingerprint density at radius 2 is 2.11 bits per heavy atom. The van der Waals surface area contributed by atoms with Gasteiger partial charge in [0.2, 0.25) is 0 Å². The summed E-state index contributed by atoms with van der Waals surface area (Å²) in [4.78, 5) is 0. The number of ether oxygens (including phenoxy) is 1. The van der Waals surface area contributed by atoms with Gasteiger partial charge >= 0.3 is 0 Å². The first-order valence-electron chi connectivity index (χ1n) is 6.38. The van der Waals surface area contributed by atoms with Crippen LogP contribution >= 0.6 is 15.9 Å². The molecule has 0 saturated heterocycles. The molecule has 0 aliphatic carbocycles. The topological polar surface area (TPSA) is 39.1 Å². The van der Waals surface area contributed by atoms with E-state index in [1.165, 1.54) is 5.56 Å². The van der Waals surface area contributed by atoms with Crippen LogP contribution in [-0.2, 0) is 13.1 Å². The van der Waals surface area contributed by atoms with Gasteiger partial charge in [0.15, 0.2) is 0 Å². The standard InChI is InChI=1S/C14H18BrN3O/c1-2-16-9-12-10-17-18(11-12)7-8-19-14-5-3-13(15)4-6-14/h3-6,10-11,16H,2,7-9H2,1H3. The molecule has 2 rings (SSSR count). The van der Waals surface area contributed by atoms with Crippen LogP contribution in [0.2, 0.25) is 0 Å². The molecule has 5 heteroatoms. The molecule has 19 heavy (non-hydrogen) atoms. The van der Waals surface area contributed by atoms with Crippen LogP contribution in [0.4, 0.5) is 0 Å². The van der Waals surface area contributed by atoms with Gasteiger partial charge in [-0.05, 0) is 30.8 Å². The molecule has 0 bridgehead atoms. The number of hydrogen-bond donors (Lipinski definition) is 1. The van der Waals surface area contributed by atoms with Gasteiger partial charge in [0.25, 0.3) is 0 Å². The molecular weight excluding hydrogens is 306 g/mol. The van der Waals surface area contributed by atoms with Crippen LogP contribution < -0.4 is 10.1 Å². The predicted molar refractivity (Wildman–Crippen MR) is 79.2 cm³/mol. The van der Waals surface area contributed by atoms with Crippen molar-refractivity contribution >= 4 is 15.9 Å². The van der Waals surface area contributed by atoms with E-state index in [4.69, 9.17) is 4.74 Å². The minimum Gasteiger partial charge on any atom is -0.492 e. The first-order chi connectivity index (χ1) is 9.28. The van der Waals surface area contributed by atoms with Gasteiger partial charge in [-0.2, -0.15) is 5.10 Å². The quantitative estimate of drug-likeness (QED) is 0.851. The third kappa shape index (κ3) is 4.69. The van der Waals surface area contributed by atoms with E-state index in [2.05, 4.69) is 33.3 Å². The summed E-state index contributed by atoms with van der Waals surface area (Å²) in [7, 11) is 0. The summed E-state index contributed by atoms with van der Waals surface area (Å²) in [5.41, 5.74) is 1.20. The van der Waals surface area contributed by atoms with Crippen molar-refractivity contribution in [2.45, 2.75) is 20.0 Å². The molecule has 0 amide bonds. The van der Waals surface area contributed by atoms with Crippen LogP contribution in [0.3, 0.4) is 0 Å². The Hall–Kier alpha value is -1.33. The van der Waals surface area contributed by atoms with Gasteiger partial charge in [0.1, 0.15) is 12.4 Å². The summed E-state index contributed by atoms with van der Waals surface area (Å²) in [5.74, 6) is 0.878. The molecule has 0 radical (unpaired) electrons. The zero-order valence-electron chi connectivity index (χ0n) is 11.0. The normalized spacial score (nSPS) is 10.6. The van der Waals surface area contributed by atoms with Crippen LogP contribution in [0.5, 0.6) is 5.75 Å². The zero-order valence-corrected chi connectivity index (χ0v) is 12.6. The molecule has 0 spiro atoms. The lowest BCUT2D eigenvalue weighted by Gasteiger charge is -2.06. The first-order valence-corrected chi connectivity index (χ1v) is 7.17. The molecule has 0 aliphatic heterocycles. The Labute approximate surface area is 121 Å². The summed E-state index contributed by atoms with van der Waals surface area (Å²) in [6.45, 7) is 5.30. The van der Waals surface area contributed by atoms with Crippen LogP contribution in [0, 0.1) is 0 Å². The summed E-state index contributed by atoms with van der Waals surface area (Å²) in [6, 6.07) is 7.84. The van der Waals surface area contributed by atoms with E-state index in [9.17, 15) is 0 Å². The highest BCUT2D eigenvalue weighted by Crippen LogP contribution is 2.15. The fourth-order valence-corrected chi connectivity index (χ4v) is 1.94. The molecule has 1 N–H and O–H groups in total. The second-order valence-corrected chi connectivity index (χ2v) is 5.11. The largest absolute Gasteiger partial charge is 0.492 e. The lowest BCUT2D eigenvalue weighted by atomic mass is 10.3. The second kappa shape index (κ2) is 7.31. The van der Waals surface area contributed by atoms with Crippen molar-refractivity contribution in [3.63, 3.8) is 0 Å². The highest BCUT2D eigenvalue weighted by molar-refractivity contribution is 9.10. The van der Waals surface area contributed by atoms with Gasteiger partial charge in [-0.15, -0.1) is 0 Å². The summed E-state index contributed by atoms with van der Waals surface area (Å²) < 4.78 is 8.62. The van der Waals surface area contributed by atoms with E-state index in [0.29, 0.717) is 6.61 Å². The highest BCUT2D eigenvalue weighted by atomic mass is 79.9. The summed E-state index contributed by atoms with van der Waals surface area (Å²) in [5, 5.41) is 7.58. The van der Waals surface area contributed by atoms with Crippen molar-refractivity contribution in [3.8, 4) is 5.75 Å². The van der Waals surface area contributed by atoms with Crippen molar-refractivity contribution in [1.82, 2.24) is 15.1 Å². The van der Waals surface area contributed by atoms with Gasteiger partial charge in [-0.3, -0.25) is 4.68 Å². The van der Waals surface area contributed by atoms with E-state index in [1.54, 1.807) is 0 Å². The van der Waals surface area contributed by atoms with Crippen LogP contribution in [0.1, 0.15) is 12.5 Å². The first kappa shape index (κ1) is 14.1. The van der Waals surface area contributed by atoms with Gasteiger partial charge in [-0.1, -0.05) is 22.9 Å². The number of halogens is 1. The van der Waals surface area contributed by atoms with E-state index in [0.717, 1.165) is 29.9 Å². The molecule has 0 saturated carbocycles. The SMILES string of the molecule is CCNCc1cnn(CCOc2ccc(Br)cc2)c1. The molecule has 1 heterocycles. The van der Waals surface area contributed by atoms with Gasteiger partial charge in [-0.25, -0.2) is 0 Å². The van der Waals surface area contributed by atoms with E-state index < -0.39 is 0 Å². The minimum atomic E-state index is 0.615. The molecule has 1 aromatic heterocycles. The van der Waals surface area contributed by atoms with Gasteiger partial charge < -0.3 is 10.1 Å². The van der Waals surface area contributed by atoms with Crippen molar-refractivity contribution in [2.75, 3.05) is 13.2 Å². The number of nitrogens with zero attached hydrogens (tertiary/aromatic N) is 2. The van der Waals surface area contributed by atoms with Gasteiger partial charge in [0.05, 0.1) is 12.7 Å². The average molecular weight is 324 g/mol. The Kier molecular flexibility index (Phi) is 5.42.